The van der Waals surface area contributed by atoms with Gasteiger partial charge in [0, 0.05) is 0 Å². The summed E-state index contributed by atoms with van der Waals surface area (Å²) in [5.74, 6) is 1.16. The SMILES string of the molecule is COc1ccc(CS(=O)(=O)/C(C#N)=C\c2c(OC)cccc2OC)cc1. The lowest BCUT2D eigenvalue weighted by Gasteiger charge is -2.11. The molecule has 0 aliphatic rings. The quantitative estimate of drug-likeness (QED) is 0.693. The fourth-order valence-electron chi connectivity index (χ4n) is 2.36. The van der Waals surface area contributed by atoms with Crippen molar-refractivity contribution in [1.82, 2.24) is 0 Å². The highest BCUT2D eigenvalue weighted by molar-refractivity contribution is 7.95. The Labute approximate surface area is 153 Å². The van der Waals surface area contributed by atoms with E-state index in [2.05, 4.69) is 0 Å². The van der Waals surface area contributed by atoms with Crippen LogP contribution in [0.5, 0.6) is 17.2 Å². The average Bonchev–Trinajstić information content (AvgIpc) is 2.65. The third-order valence-corrected chi connectivity index (χ3v) is 5.30. The van der Waals surface area contributed by atoms with Crippen molar-refractivity contribution in [2.45, 2.75) is 5.75 Å². The van der Waals surface area contributed by atoms with Gasteiger partial charge in [0.25, 0.3) is 0 Å². The normalized spacial score (nSPS) is 11.5. The maximum Gasteiger partial charge on any atom is 0.192 e. The van der Waals surface area contributed by atoms with Crippen LogP contribution in [0, 0.1) is 11.3 Å². The van der Waals surface area contributed by atoms with Gasteiger partial charge in [-0.15, -0.1) is 0 Å². The number of hydrogen-bond acceptors (Lipinski definition) is 6. The van der Waals surface area contributed by atoms with Gasteiger partial charge in [0.2, 0.25) is 0 Å². The Bertz CT molecular complexity index is 919. The zero-order valence-electron chi connectivity index (χ0n) is 14.7. The Morgan fingerprint density at radius 1 is 1.00 bits per heavy atom. The monoisotopic (exact) mass is 373 g/mol. The van der Waals surface area contributed by atoms with E-state index >= 15 is 0 Å². The second kappa shape index (κ2) is 8.41. The molecule has 0 radical (unpaired) electrons. The average molecular weight is 373 g/mol. The first-order valence-electron chi connectivity index (χ1n) is 7.63. The predicted octanol–water partition coefficient (Wildman–Crippen LogP) is 3.19. The van der Waals surface area contributed by atoms with Crippen molar-refractivity contribution in [2.24, 2.45) is 0 Å². The molecule has 136 valence electrons. The van der Waals surface area contributed by atoms with Crippen LogP contribution in [0.15, 0.2) is 47.4 Å². The summed E-state index contributed by atoms with van der Waals surface area (Å²) in [6.07, 6.45) is 1.27. The number of allylic oxidation sites excluding steroid dienone is 1. The summed E-state index contributed by atoms with van der Waals surface area (Å²) in [4.78, 5) is -0.365. The Kier molecular flexibility index (Phi) is 6.26. The van der Waals surface area contributed by atoms with Gasteiger partial charge in [0.15, 0.2) is 9.84 Å². The van der Waals surface area contributed by atoms with Gasteiger partial charge in [-0.05, 0) is 35.9 Å². The van der Waals surface area contributed by atoms with Crippen LogP contribution in [0.2, 0.25) is 0 Å². The molecule has 2 rings (SSSR count). The van der Waals surface area contributed by atoms with Gasteiger partial charge in [-0.25, -0.2) is 8.42 Å². The van der Waals surface area contributed by atoms with Gasteiger partial charge in [0.1, 0.15) is 28.2 Å². The van der Waals surface area contributed by atoms with Crippen LogP contribution in [0.3, 0.4) is 0 Å². The molecule has 0 unspecified atom stereocenters. The van der Waals surface area contributed by atoms with E-state index in [1.54, 1.807) is 48.5 Å². The summed E-state index contributed by atoms with van der Waals surface area (Å²) >= 11 is 0. The number of sulfone groups is 1. The van der Waals surface area contributed by atoms with Gasteiger partial charge in [0.05, 0.1) is 32.6 Å². The zero-order chi connectivity index (χ0) is 19.2. The van der Waals surface area contributed by atoms with Crippen LogP contribution in [0.4, 0.5) is 0 Å². The molecule has 0 amide bonds. The van der Waals surface area contributed by atoms with Crippen LogP contribution in [0.25, 0.3) is 6.08 Å². The van der Waals surface area contributed by atoms with Crippen molar-refractivity contribution in [3.63, 3.8) is 0 Å². The van der Waals surface area contributed by atoms with Crippen molar-refractivity contribution >= 4 is 15.9 Å². The standard InChI is InChI=1S/C19H19NO5S/c1-23-15-9-7-14(8-10-15)13-26(21,22)16(12-20)11-17-18(24-2)5-4-6-19(17)25-3/h4-11H,13H2,1-3H3/b16-11-. The highest BCUT2D eigenvalue weighted by atomic mass is 32.2. The number of nitrogens with zero attached hydrogens (tertiary/aromatic N) is 1. The summed E-state index contributed by atoms with van der Waals surface area (Å²) in [6.45, 7) is 0. The molecule has 0 saturated heterocycles. The predicted molar refractivity (Wildman–Crippen MR) is 98.8 cm³/mol. The maximum atomic E-state index is 12.7. The lowest BCUT2D eigenvalue weighted by Crippen LogP contribution is -2.07. The van der Waals surface area contributed by atoms with E-state index in [0.29, 0.717) is 28.4 Å². The maximum absolute atomic E-state index is 12.7. The summed E-state index contributed by atoms with van der Waals surface area (Å²) < 4.78 is 40.9. The smallest absolute Gasteiger partial charge is 0.192 e. The first-order chi connectivity index (χ1) is 12.4. The molecule has 0 bridgehead atoms. The zero-order valence-corrected chi connectivity index (χ0v) is 15.5. The molecule has 0 saturated carbocycles. The molecular weight excluding hydrogens is 354 g/mol. The molecule has 0 aliphatic carbocycles. The first-order valence-corrected chi connectivity index (χ1v) is 9.29. The summed E-state index contributed by atoms with van der Waals surface area (Å²) in [7, 11) is 0.610. The second-order valence-corrected chi connectivity index (χ2v) is 7.26. The fourth-order valence-corrected chi connectivity index (χ4v) is 3.59. The second-order valence-electron chi connectivity index (χ2n) is 5.30. The molecule has 0 spiro atoms. The molecule has 0 atom stereocenters. The largest absolute Gasteiger partial charge is 0.497 e. The van der Waals surface area contributed by atoms with E-state index in [4.69, 9.17) is 14.2 Å². The van der Waals surface area contributed by atoms with Crippen LogP contribution < -0.4 is 14.2 Å². The molecule has 0 N–H and O–H groups in total. The molecular formula is C19H19NO5S. The highest BCUT2D eigenvalue weighted by Crippen LogP contribution is 2.31. The first kappa shape index (κ1) is 19.3. The van der Waals surface area contributed by atoms with Crippen molar-refractivity contribution in [3.8, 4) is 23.3 Å². The molecule has 6 nitrogen and oxygen atoms in total. The van der Waals surface area contributed by atoms with Crippen molar-refractivity contribution in [2.75, 3.05) is 21.3 Å². The summed E-state index contributed by atoms with van der Waals surface area (Å²) in [5.41, 5.74) is 0.950. The summed E-state index contributed by atoms with van der Waals surface area (Å²) in [5, 5.41) is 9.41. The van der Waals surface area contributed by atoms with E-state index in [0.717, 1.165) is 0 Å². The number of methoxy groups -OCH3 is 3. The Hall–Kier alpha value is -2.98. The number of hydrogen-bond donors (Lipinski definition) is 0. The lowest BCUT2D eigenvalue weighted by atomic mass is 10.1. The van der Waals surface area contributed by atoms with Gasteiger partial charge in [-0.1, -0.05) is 18.2 Å². The Morgan fingerprint density at radius 3 is 2.04 bits per heavy atom. The molecule has 0 aliphatic heterocycles. The van der Waals surface area contributed by atoms with E-state index in [1.165, 1.54) is 27.4 Å². The van der Waals surface area contributed by atoms with Crippen molar-refractivity contribution in [3.05, 3.63) is 58.5 Å². The highest BCUT2D eigenvalue weighted by Gasteiger charge is 2.20. The van der Waals surface area contributed by atoms with Crippen molar-refractivity contribution in [1.29, 1.82) is 5.26 Å². The van der Waals surface area contributed by atoms with E-state index in [1.807, 2.05) is 0 Å². The van der Waals surface area contributed by atoms with Crippen LogP contribution in [-0.4, -0.2) is 29.7 Å². The number of nitriles is 1. The number of ether oxygens (including phenoxy) is 3. The van der Waals surface area contributed by atoms with Crippen molar-refractivity contribution < 1.29 is 22.6 Å². The number of benzene rings is 2. The molecule has 2 aromatic carbocycles. The van der Waals surface area contributed by atoms with Gasteiger partial charge in [-0.3, -0.25) is 0 Å². The van der Waals surface area contributed by atoms with E-state index < -0.39 is 9.84 Å². The minimum absolute atomic E-state index is 0.298. The Balaban J connectivity index is 2.43. The van der Waals surface area contributed by atoms with Gasteiger partial charge in [-0.2, -0.15) is 5.26 Å². The molecule has 7 heteroatoms. The minimum Gasteiger partial charge on any atom is -0.497 e. The molecule has 0 heterocycles. The molecule has 2 aromatic rings. The summed E-state index contributed by atoms with van der Waals surface area (Å²) in [6, 6.07) is 13.5. The van der Waals surface area contributed by atoms with E-state index in [-0.39, 0.29) is 10.7 Å². The van der Waals surface area contributed by atoms with Crippen LogP contribution in [0.1, 0.15) is 11.1 Å². The van der Waals surface area contributed by atoms with Gasteiger partial charge >= 0.3 is 0 Å². The van der Waals surface area contributed by atoms with Gasteiger partial charge < -0.3 is 14.2 Å². The lowest BCUT2D eigenvalue weighted by molar-refractivity contribution is 0.392. The minimum atomic E-state index is -3.85. The molecule has 0 aromatic heterocycles. The molecule has 0 fully saturated rings. The Morgan fingerprint density at radius 2 is 1.58 bits per heavy atom. The number of rotatable bonds is 7. The fraction of sp³-hybridized carbons (Fsp3) is 0.211. The van der Waals surface area contributed by atoms with Crippen LogP contribution >= 0.6 is 0 Å². The van der Waals surface area contributed by atoms with Crippen LogP contribution in [-0.2, 0) is 15.6 Å². The molecule has 26 heavy (non-hydrogen) atoms. The topological polar surface area (TPSA) is 85.6 Å². The third kappa shape index (κ3) is 4.35. The third-order valence-electron chi connectivity index (χ3n) is 3.70. The van der Waals surface area contributed by atoms with E-state index in [9.17, 15) is 13.7 Å².